The topological polar surface area (TPSA) is 93.5 Å². The number of aryl methyl sites for hydroxylation is 1. The number of ether oxygens (including phenoxy) is 1. The standard InChI is InChI=1S/C18H27N3O3/c1-13-7-8-15(21-18(23)11-20-17(22)10-19)9-16(13)24-12-14-5-3-2-4-6-14/h7-9,14H,2-6,10-12,19H2,1H3,(H,20,22)(H,21,23). The Kier molecular flexibility index (Phi) is 7.06. The van der Waals surface area contributed by atoms with E-state index >= 15 is 0 Å². The minimum Gasteiger partial charge on any atom is -0.493 e. The summed E-state index contributed by atoms with van der Waals surface area (Å²) in [4.78, 5) is 22.9. The van der Waals surface area contributed by atoms with E-state index in [2.05, 4.69) is 10.6 Å². The number of anilines is 1. The highest BCUT2D eigenvalue weighted by Gasteiger charge is 2.15. The molecule has 1 aliphatic carbocycles. The van der Waals surface area contributed by atoms with Crippen molar-refractivity contribution in [2.45, 2.75) is 39.0 Å². The van der Waals surface area contributed by atoms with Gasteiger partial charge in [-0.2, -0.15) is 0 Å². The fourth-order valence-electron chi connectivity index (χ4n) is 2.85. The molecular weight excluding hydrogens is 306 g/mol. The predicted molar refractivity (Wildman–Crippen MR) is 93.9 cm³/mol. The molecular formula is C18H27N3O3. The first kappa shape index (κ1) is 18.3. The van der Waals surface area contributed by atoms with Crippen molar-refractivity contribution in [2.24, 2.45) is 11.7 Å². The third-order valence-electron chi connectivity index (χ3n) is 4.30. The van der Waals surface area contributed by atoms with Gasteiger partial charge < -0.3 is 21.1 Å². The van der Waals surface area contributed by atoms with E-state index in [0.29, 0.717) is 11.6 Å². The Bertz CT molecular complexity index is 569. The first-order valence-corrected chi connectivity index (χ1v) is 8.58. The largest absolute Gasteiger partial charge is 0.493 e. The molecule has 6 heteroatoms. The van der Waals surface area contributed by atoms with E-state index in [1.807, 2.05) is 25.1 Å². The van der Waals surface area contributed by atoms with Gasteiger partial charge in [-0.25, -0.2) is 0 Å². The van der Waals surface area contributed by atoms with Gasteiger partial charge >= 0.3 is 0 Å². The molecule has 0 spiro atoms. The minimum absolute atomic E-state index is 0.0951. The highest BCUT2D eigenvalue weighted by Crippen LogP contribution is 2.27. The van der Waals surface area contributed by atoms with Crippen LogP contribution in [0, 0.1) is 12.8 Å². The van der Waals surface area contributed by atoms with E-state index in [1.165, 1.54) is 32.1 Å². The normalized spacial score (nSPS) is 14.9. The van der Waals surface area contributed by atoms with Crippen molar-refractivity contribution in [1.82, 2.24) is 5.32 Å². The Morgan fingerprint density at radius 3 is 2.67 bits per heavy atom. The zero-order valence-corrected chi connectivity index (χ0v) is 14.3. The molecule has 0 unspecified atom stereocenters. The highest BCUT2D eigenvalue weighted by atomic mass is 16.5. The second-order valence-corrected chi connectivity index (χ2v) is 6.32. The van der Waals surface area contributed by atoms with E-state index in [4.69, 9.17) is 10.5 Å². The van der Waals surface area contributed by atoms with Crippen molar-refractivity contribution in [2.75, 3.05) is 25.0 Å². The number of carbonyl (C=O) groups excluding carboxylic acids is 2. The molecule has 1 aliphatic rings. The molecule has 1 aromatic carbocycles. The van der Waals surface area contributed by atoms with E-state index in [-0.39, 0.29) is 24.9 Å². The maximum absolute atomic E-state index is 11.8. The highest BCUT2D eigenvalue weighted by molar-refractivity contribution is 5.94. The van der Waals surface area contributed by atoms with Gasteiger partial charge in [-0.15, -0.1) is 0 Å². The summed E-state index contributed by atoms with van der Waals surface area (Å²) in [5, 5.41) is 5.19. The summed E-state index contributed by atoms with van der Waals surface area (Å²) < 4.78 is 5.98. The van der Waals surface area contributed by atoms with Crippen molar-refractivity contribution in [3.8, 4) is 5.75 Å². The third-order valence-corrected chi connectivity index (χ3v) is 4.30. The van der Waals surface area contributed by atoms with Crippen LogP contribution in [0.2, 0.25) is 0 Å². The molecule has 1 aromatic rings. The van der Waals surface area contributed by atoms with Crippen LogP contribution < -0.4 is 21.1 Å². The molecule has 2 rings (SSSR count). The van der Waals surface area contributed by atoms with E-state index in [9.17, 15) is 9.59 Å². The molecule has 1 saturated carbocycles. The van der Waals surface area contributed by atoms with Crippen molar-refractivity contribution < 1.29 is 14.3 Å². The van der Waals surface area contributed by atoms with Crippen LogP contribution in [0.4, 0.5) is 5.69 Å². The Labute approximate surface area is 143 Å². The van der Waals surface area contributed by atoms with Gasteiger partial charge in [-0.1, -0.05) is 25.3 Å². The van der Waals surface area contributed by atoms with Crippen LogP contribution in [-0.4, -0.2) is 31.5 Å². The molecule has 0 aliphatic heterocycles. The molecule has 0 radical (unpaired) electrons. The van der Waals surface area contributed by atoms with Crippen LogP contribution in [0.15, 0.2) is 18.2 Å². The summed E-state index contributed by atoms with van der Waals surface area (Å²) in [5.74, 6) is 0.775. The lowest BCUT2D eigenvalue weighted by Crippen LogP contribution is -2.36. The number of hydrogen-bond acceptors (Lipinski definition) is 4. The average molecular weight is 333 g/mol. The van der Waals surface area contributed by atoms with E-state index in [1.54, 1.807) is 0 Å². The van der Waals surface area contributed by atoms with Gasteiger partial charge in [0, 0.05) is 11.8 Å². The number of hydrogen-bond donors (Lipinski definition) is 3. The SMILES string of the molecule is Cc1ccc(NC(=O)CNC(=O)CN)cc1OCC1CCCCC1. The zero-order valence-electron chi connectivity index (χ0n) is 14.3. The van der Waals surface area contributed by atoms with Crippen molar-refractivity contribution in [3.05, 3.63) is 23.8 Å². The summed E-state index contributed by atoms with van der Waals surface area (Å²) in [6.45, 7) is 2.49. The molecule has 24 heavy (non-hydrogen) atoms. The Hall–Kier alpha value is -2.08. The third kappa shape index (κ3) is 5.85. The lowest BCUT2D eigenvalue weighted by atomic mass is 9.90. The Morgan fingerprint density at radius 1 is 1.21 bits per heavy atom. The van der Waals surface area contributed by atoms with Gasteiger partial charge in [0.1, 0.15) is 5.75 Å². The van der Waals surface area contributed by atoms with Gasteiger partial charge in [0.25, 0.3) is 0 Å². The molecule has 132 valence electrons. The molecule has 1 fully saturated rings. The fourth-order valence-corrected chi connectivity index (χ4v) is 2.85. The first-order chi connectivity index (χ1) is 11.6. The van der Waals surface area contributed by atoms with Crippen LogP contribution in [-0.2, 0) is 9.59 Å². The molecule has 2 amide bonds. The summed E-state index contributed by atoms with van der Waals surface area (Å²) in [7, 11) is 0. The van der Waals surface area contributed by atoms with Crippen molar-refractivity contribution in [1.29, 1.82) is 0 Å². The summed E-state index contributed by atoms with van der Waals surface area (Å²) in [5.41, 5.74) is 6.88. The number of nitrogens with one attached hydrogen (secondary N) is 2. The van der Waals surface area contributed by atoms with Gasteiger partial charge in [0.2, 0.25) is 11.8 Å². The monoisotopic (exact) mass is 333 g/mol. The molecule has 0 atom stereocenters. The van der Waals surface area contributed by atoms with E-state index in [0.717, 1.165) is 17.9 Å². The minimum atomic E-state index is -0.356. The van der Waals surface area contributed by atoms with Crippen LogP contribution in [0.5, 0.6) is 5.75 Å². The van der Waals surface area contributed by atoms with Crippen LogP contribution in [0.25, 0.3) is 0 Å². The molecule has 6 nitrogen and oxygen atoms in total. The van der Waals surface area contributed by atoms with Gasteiger partial charge in [0.05, 0.1) is 19.7 Å². The lowest BCUT2D eigenvalue weighted by molar-refractivity contribution is -0.123. The second kappa shape index (κ2) is 9.27. The molecule has 4 N–H and O–H groups in total. The fraction of sp³-hybridized carbons (Fsp3) is 0.556. The number of amides is 2. The number of rotatable bonds is 7. The number of benzene rings is 1. The van der Waals surface area contributed by atoms with E-state index < -0.39 is 0 Å². The quantitative estimate of drug-likeness (QED) is 0.711. The first-order valence-electron chi connectivity index (χ1n) is 8.58. The Balaban J connectivity index is 1.87. The number of carbonyl (C=O) groups is 2. The lowest BCUT2D eigenvalue weighted by Gasteiger charge is -2.22. The van der Waals surface area contributed by atoms with Crippen LogP contribution in [0.3, 0.4) is 0 Å². The maximum atomic E-state index is 11.8. The van der Waals surface area contributed by atoms with Crippen LogP contribution >= 0.6 is 0 Å². The summed E-state index contributed by atoms with van der Waals surface area (Å²) in [6.07, 6.45) is 6.37. The van der Waals surface area contributed by atoms with Gasteiger partial charge in [-0.05, 0) is 37.3 Å². The average Bonchev–Trinajstić information content (AvgIpc) is 2.61. The molecule has 0 saturated heterocycles. The molecule has 0 heterocycles. The van der Waals surface area contributed by atoms with Crippen LogP contribution in [0.1, 0.15) is 37.7 Å². The van der Waals surface area contributed by atoms with Crippen molar-refractivity contribution >= 4 is 17.5 Å². The smallest absolute Gasteiger partial charge is 0.243 e. The van der Waals surface area contributed by atoms with Crippen molar-refractivity contribution in [3.63, 3.8) is 0 Å². The molecule has 0 bridgehead atoms. The predicted octanol–water partition coefficient (Wildman–Crippen LogP) is 1.97. The molecule has 0 aromatic heterocycles. The number of nitrogens with two attached hydrogens (primary N) is 1. The maximum Gasteiger partial charge on any atom is 0.243 e. The summed E-state index contributed by atoms with van der Waals surface area (Å²) >= 11 is 0. The zero-order chi connectivity index (χ0) is 17.4. The second-order valence-electron chi connectivity index (χ2n) is 6.32. The Morgan fingerprint density at radius 2 is 1.96 bits per heavy atom. The summed E-state index contributed by atoms with van der Waals surface area (Å²) in [6, 6.07) is 5.58. The van der Waals surface area contributed by atoms with Gasteiger partial charge in [0.15, 0.2) is 0 Å². The van der Waals surface area contributed by atoms with Gasteiger partial charge in [-0.3, -0.25) is 9.59 Å².